The third kappa shape index (κ3) is 5.91. The number of aromatic nitrogens is 2. The van der Waals surface area contributed by atoms with E-state index in [1.807, 2.05) is 66.2 Å². The van der Waals surface area contributed by atoms with Gasteiger partial charge in [0.15, 0.2) is 0 Å². The molecule has 0 unspecified atom stereocenters. The first kappa shape index (κ1) is 24.5. The summed E-state index contributed by atoms with van der Waals surface area (Å²) in [6, 6.07) is 22.6. The molecule has 0 saturated carbocycles. The minimum atomic E-state index is -0.955. The normalized spacial score (nSPS) is 10.8. The van der Waals surface area contributed by atoms with E-state index in [1.165, 1.54) is 0 Å². The Hall–Kier alpha value is -3.61. The fourth-order valence-electron chi connectivity index (χ4n) is 3.91. The molecule has 3 aromatic carbocycles. The molecule has 2 N–H and O–H groups in total. The molecule has 0 saturated heterocycles. The number of carbonyl (C=O) groups is 2. The van der Waals surface area contributed by atoms with Crippen LogP contribution in [0.4, 0.5) is 0 Å². The highest BCUT2D eigenvalue weighted by Crippen LogP contribution is 2.34. The molecule has 1 aromatic heterocycles. The molecule has 0 aliphatic carbocycles. The van der Waals surface area contributed by atoms with Crippen LogP contribution in [0, 0.1) is 6.92 Å². The number of rotatable bonds is 8. The summed E-state index contributed by atoms with van der Waals surface area (Å²) in [6.07, 6.45) is -0.120. The zero-order valence-corrected chi connectivity index (χ0v) is 20.5. The molecule has 8 heteroatoms. The number of nitrogens with zero attached hydrogens (tertiary/aromatic N) is 2. The smallest absolute Gasteiger partial charge is 0.305 e. The maximum atomic E-state index is 12.3. The second-order valence-electron chi connectivity index (χ2n) is 8.10. The Labute approximate surface area is 213 Å². The lowest BCUT2D eigenvalue weighted by molar-refractivity contribution is -0.136. The Morgan fingerprint density at radius 2 is 1.60 bits per heavy atom. The average molecular weight is 508 g/mol. The first-order chi connectivity index (χ1) is 16.8. The molecule has 1 heterocycles. The van der Waals surface area contributed by atoms with Gasteiger partial charge in [-0.25, -0.2) is 0 Å². The van der Waals surface area contributed by atoms with Gasteiger partial charge in [-0.05, 0) is 42.8 Å². The Morgan fingerprint density at radius 1 is 0.943 bits per heavy atom. The number of carbonyl (C=O) groups excluding carboxylic acids is 1. The molecule has 0 aliphatic heterocycles. The van der Waals surface area contributed by atoms with E-state index < -0.39 is 5.97 Å². The molecule has 0 spiro atoms. The van der Waals surface area contributed by atoms with Crippen molar-refractivity contribution < 1.29 is 14.7 Å². The van der Waals surface area contributed by atoms with Crippen LogP contribution in [0.1, 0.15) is 27.9 Å². The fourth-order valence-corrected chi connectivity index (χ4v) is 4.44. The Morgan fingerprint density at radius 3 is 2.23 bits per heavy atom. The lowest BCUT2D eigenvalue weighted by Crippen LogP contribution is -2.25. The fraction of sp³-hybridized carbons (Fsp3) is 0.148. The molecule has 1 amide bonds. The number of hydrogen-bond acceptors (Lipinski definition) is 3. The molecule has 0 radical (unpaired) electrons. The van der Waals surface area contributed by atoms with Crippen LogP contribution in [-0.4, -0.2) is 33.3 Å². The van der Waals surface area contributed by atoms with Crippen LogP contribution >= 0.6 is 23.2 Å². The molecule has 178 valence electrons. The van der Waals surface area contributed by atoms with Gasteiger partial charge < -0.3 is 10.4 Å². The van der Waals surface area contributed by atoms with E-state index in [1.54, 1.807) is 18.2 Å². The van der Waals surface area contributed by atoms with Crippen LogP contribution in [0.5, 0.6) is 0 Å². The largest absolute Gasteiger partial charge is 0.481 e. The number of amides is 1. The van der Waals surface area contributed by atoms with E-state index in [2.05, 4.69) is 5.32 Å². The van der Waals surface area contributed by atoms with Crippen LogP contribution in [0.25, 0.3) is 22.5 Å². The minimum absolute atomic E-state index is 0.0826. The summed E-state index contributed by atoms with van der Waals surface area (Å²) in [6.45, 7) is 2.60. The van der Waals surface area contributed by atoms with Crippen LogP contribution in [0.2, 0.25) is 10.0 Å². The van der Waals surface area contributed by atoms with Crippen molar-refractivity contribution in [1.82, 2.24) is 15.1 Å². The van der Waals surface area contributed by atoms with Gasteiger partial charge in [0.05, 0.1) is 24.4 Å². The lowest BCUT2D eigenvalue weighted by Gasteiger charge is -2.10. The lowest BCUT2D eigenvalue weighted by atomic mass is 10.0. The summed E-state index contributed by atoms with van der Waals surface area (Å²) >= 11 is 12.5. The number of benzene rings is 3. The van der Waals surface area contributed by atoms with Gasteiger partial charge in [-0.1, -0.05) is 65.7 Å². The first-order valence-corrected chi connectivity index (χ1v) is 11.8. The quantitative estimate of drug-likeness (QED) is 0.302. The molecule has 0 bridgehead atoms. The van der Waals surface area contributed by atoms with Gasteiger partial charge in [-0.2, -0.15) is 5.10 Å². The Bertz CT molecular complexity index is 1350. The Balaban J connectivity index is 1.65. The van der Waals surface area contributed by atoms with E-state index in [-0.39, 0.29) is 18.9 Å². The molecule has 0 aliphatic rings. The average Bonchev–Trinajstić information content (AvgIpc) is 3.14. The summed E-state index contributed by atoms with van der Waals surface area (Å²) in [5.41, 5.74) is 6.07. The number of aliphatic carboxylic acids is 1. The third-order valence-electron chi connectivity index (χ3n) is 5.55. The van der Waals surface area contributed by atoms with Crippen LogP contribution in [0.3, 0.4) is 0 Å². The summed E-state index contributed by atoms with van der Waals surface area (Å²) in [7, 11) is 0. The van der Waals surface area contributed by atoms with Crippen molar-refractivity contribution in [2.45, 2.75) is 19.9 Å². The van der Waals surface area contributed by atoms with Gasteiger partial charge in [0.2, 0.25) is 0 Å². The monoisotopic (exact) mass is 507 g/mol. The number of halogens is 2. The highest BCUT2D eigenvalue weighted by molar-refractivity contribution is 6.35. The highest BCUT2D eigenvalue weighted by atomic mass is 35.5. The first-order valence-electron chi connectivity index (χ1n) is 11.0. The van der Waals surface area contributed by atoms with Gasteiger partial charge in [0.25, 0.3) is 5.91 Å². The van der Waals surface area contributed by atoms with E-state index in [4.69, 9.17) is 33.4 Å². The molecule has 4 aromatic rings. The topological polar surface area (TPSA) is 84.2 Å². The molecule has 6 nitrogen and oxygen atoms in total. The van der Waals surface area contributed by atoms with Crippen LogP contribution < -0.4 is 5.32 Å². The van der Waals surface area contributed by atoms with Crippen LogP contribution in [0.15, 0.2) is 72.8 Å². The van der Waals surface area contributed by atoms with Gasteiger partial charge in [-0.15, -0.1) is 0 Å². The minimum Gasteiger partial charge on any atom is -0.481 e. The zero-order valence-electron chi connectivity index (χ0n) is 19.0. The van der Waals surface area contributed by atoms with Crippen molar-refractivity contribution in [3.05, 3.63) is 99.5 Å². The summed E-state index contributed by atoms with van der Waals surface area (Å²) in [4.78, 5) is 22.9. The highest BCUT2D eigenvalue weighted by Gasteiger charge is 2.18. The molecular formula is C27H23Cl2N3O3. The SMILES string of the molecule is Cc1c(-c2cc(Cl)cc(Cl)c2)nn(Cc2ccc(C(=O)NCCC(=O)O)cc2)c1-c1ccccc1. The van der Waals surface area contributed by atoms with Gasteiger partial charge in [-0.3, -0.25) is 14.3 Å². The van der Waals surface area contributed by atoms with E-state index >= 15 is 0 Å². The maximum absolute atomic E-state index is 12.3. The summed E-state index contributed by atoms with van der Waals surface area (Å²) in [5.74, 6) is -1.26. The summed E-state index contributed by atoms with van der Waals surface area (Å²) in [5, 5.41) is 17.3. The maximum Gasteiger partial charge on any atom is 0.305 e. The van der Waals surface area contributed by atoms with Crippen molar-refractivity contribution in [2.75, 3.05) is 6.54 Å². The number of hydrogen-bond donors (Lipinski definition) is 2. The second-order valence-corrected chi connectivity index (χ2v) is 8.97. The predicted octanol–water partition coefficient (Wildman–Crippen LogP) is 6.09. The van der Waals surface area contributed by atoms with Gasteiger partial charge in [0.1, 0.15) is 0 Å². The number of carboxylic acid groups (broad SMARTS) is 1. The van der Waals surface area contributed by atoms with Crippen molar-refractivity contribution in [3.63, 3.8) is 0 Å². The Kier molecular flexibility index (Phi) is 7.54. The predicted molar refractivity (Wildman–Crippen MR) is 138 cm³/mol. The van der Waals surface area contributed by atoms with Gasteiger partial charge in [0, 0.05) is 38.8 Å². The molecule has 4 rings (SSSR count). The molecule has 0 atom stereocenters. The molecule has 0 fully saturated rings. The van der Waals surface area contributed by atoms with E-state index in [9.17, 15) is 9.59 Å². The standard InChI is InChI=1S/C27H23Cl2N3O3/c1-17-25(21-13-22(28)15-23(29)14-21)31-32(26(17)19-5-3-2-4-6-19)16-18-7-9-20(10-8-18)27(35)30-12-11-24(33)34/h2-10,13-15H,11-12,16H2,1H3,(H,30,35)(H,33,34). The van der Waals surface area contributed by atoms with Gasteiger partial charge >= 0.3 is 5.97 Å². The van der Waals surface area contributed by atoms with E-state index in [0.717, 1.165) is 33.6 Å². The zero-order chi connectivity index (χ0) is 24.9. The third-order valence-corrected chi connectivity index (χ3v) is 5.98. The van der Waals surface area contributed by atoms with E-state index in [0.29, 0.717) is 22.2 Å². The van der Waals surface area contributed by atoms with Crippen molar-refractivity contribution in [1.29, 1.82) is 0 Å². The second kappa shape index (κ2) is 10.8. The van der Waals surface area contributed by atoms with Crippen molar-refractivity contribution in [2.24, 2.45) is 0 Å². The number of carboxylic acids is 1. The van der Waals surface area contributed by atoms with Crippen LogP contribution in [-0.2, 0) is 11.3 Å². The molecule has 35 heavy (non-hydrogen) atoms. The summed E-state index contributed by atoms with van der Waals surface area (Å²) < 4.78 is 1.94. The molecular weight excluding hydrogens is 485 g/mol. The van der Waals surface area contributed by atoms with Crippen molar-refractivity contribution in [3.8, 4) is 22.5 Å². The van der Waals surface area contributed by atoms with Crippen molar-refractivity contribution >= 4 is 35.1 Å². The number of nitrogens with one attached hydrogen (secondary N) is 1.